The lowest BCUT2D eigenvalue weighted by Gasteiger charge is -2.11. The largest absolute Gasteiger partial charge is 0.467 e. The molecule has 0 unspecified atom stereocenters. The van der Waals surface area contributed by atoms with Gasteiger partial charge in [-0.25, -0.2) is 4.79 Å². The van der Waals surface area contributed by atoms with Crippen molar-refractivity contribution in [1.82, 2.24) is 5.32 Å². The van der Waals surface area contributed by atoms with Crippen LogP contribution in [0, 0.1) is 0 Å². The van der Waals surface area contributed by atoms with E-state index in [1.807, 2.05) is 24.3 Å². The number of furan rings is 1. The fraction of sp³-hybridized carbons (Fsp3) is 0.176. The summed E-state index contributed by atoms with van der Waals surface area (Å²) in [6.45, 7) is 1.47. The second-order valence-corrected chi connectivity index (χ2v) is 6.11. The Hall–Kier alpha value is -2.60. The second kappa shape index (κ2) is 6.66. The van der Waals surface area contributed by atoms with Gasteiger partial charge in [-0.2, -0.15) is 0 Å². The maximum Gasteiger partial charge on any atom is 0.348 e. The molecule has 0 saturated heterocycles. The van der Waals surface area contributed by atoms with Crippen LogP contribution in [0.3, 0.4) is 0 Å². The van der Waals surface area contributed by atoms with Gasteiger partial charge in [0.25, 0.3) is 5.91 Å². The van der Waals surface area contributed by atoms with E-state index in [9.17, 15) is 9.59 Å². The first kappa shape index (κ1) is 15.3. The molecule has 0 aliphatic carbocycles. The molecule has 0 fully saturated rings. The van der Waals surface area contributed by atoms with Gasteiger partial charge in [-0.05, 0) is 36.6 Å². The van der Waals surface area contributed by atoms with Gasteiger partial charge in [0, 0.05) is 4.70 Å². The fourth-order valence-corrected chi connectivity index (χ4v) is 3.13. The van der Waals surface area contributed by atoms with E-state index < -0.39 is 5.97 Å². The highest BCUT2D eigenvalue weighted by Crippen LogP contribution is 2.25. The molecule has 0 spiro atoms. The molecule has 2 heterocycles. The standard InChI is InChI=1S/C17H15NO4S/c1-11(13-6-4-8-21-13)18-16(19)10-22-17(20)15-9-12-5-2-3-7-14(12)23-15/h2-9,11H,10H2,1H3,(H,18,19)/t11-/m1/s1. The third-order valence-electron chi connectivity index (χ3n) is 3.31. The van der Waals surface area contributed by atoms with Crippen LogP contribution < -0.4 is 5.32 Å². The average molecular weight is 329 g/mol. The molecule has 1 aromatic carbocycles. The Balaban J connectivity index is 1.55. The molecule has 23 heavy (non-hydrogen) atoms. The van der Waals surface area contributed by atoms with Crippen LogP contribution in [0.15, 0.2) is 53.1 Å². The number of fused-ring (bicyclic) bond motifs is 1. The average Bonchev–Trinajstić information content (AvgIpc) is 3.21. The lowest BCUT2D eigenvalue weighted by molar-refractivity contribution is -0.125. The fourth-order valence-electron chi connectivity index (χ4n) is 2.18. The van der Waals surface area contributed by atoms with Crippen molar-refractivity contribution < 1.29 is 18.7 Å². The first-order chi connectivity index (χ1) is 11.1. The molecule has 0 aliphatic heterocycles. The summed E-state index contributed by atoms with van der Waals surface area (Å²) < 4.78 is 11.3. The highest BCUT2D eigenvalue weighted by Gasteiger charge is 2.16. The third kappa shape index (κ3) is 3.60. The van der Waals surface area contributed by atoms with Crippen molar-refractivity contribution in [3.8, 4) is 0 Å². The molecule has 0 aliphatic rings. The number of carbonyl (C=O) groups is 2. The highest BCUT2D eigenvalue weighted by molar-refractivity contribution is 7.20. The Morgan fingerprint density at radius 2 is 2.09 bits per heavy atom. The summed E-state index contributed by atoms with van der Waals surface area (Å²) in [4.78, 5) is 24.3. The molecule has 3 aromatic rings. The van der Waals surface area contributed by atoms with Crippen LogP contribution in [0.5, 0.6) is 0 Å². The summed E-state index contributed by atoms with van der Waals surface area (Å²) in [6, 6.07) is 12.7. The van der Waals surface area contributed by atoms with Crippen LogP contribution in [-0.2, 0) is 9.53 Å². The summed E-state index contributed by atoms with van der Waals surface area (Å²) >= 11 is 1.35. The Morgan fingerprint density at radius 1 is 1.26 bits per heavy atom. The molecule has 0 bridgehead atoms. The van der Waals surface area contributed by atoms with Gasteiger partial charge in [-0.1, -0.05) is 18.2 Å². The van der Waals surface area contributed by atoms with Gasteiger partial charge in [0.05, 0.1) is 12.3 Å². The monoisotopic (exact) mass is 329 g/mol. The minimum absolute atomic E-state index is 0.277. The summed E-state index contributed by atoms with van der Waals surface area (Å²) in [7, 11) is 0. The minimum Gasteiger partial charge on any atom is -0.467 e. The van der Waals surface area contributed by atoms with Gasteiger partial charge in [-0.3, -0.25) is 4.79 Å². The normalized spacial score (nSPS) is 12.0. The van der Waals surface area contributed by atoms with Gasteiger partial charge >= 0.3 is 5.97 Å². The topological polar surface area (TPSA) is 68.5 Å². The molecule has 3 rings (SSSR count). The second-order valence-electron chi connectivity index (χ2n) is 5.03. The SMILES string of the molecule is C[C@@H](NC(=O)COC(=O)c1cc2ccccc2s1)c1ccco1. The van der Waals surface area contributed by atoms with Gasteiger partial charge < -0.3 is 14.5 Å². The zero-order valence-electron chi connectivity index (χ0n) is 12.4. The number of esters is 1. The lowest BCUT2D eigenvalue weighted by Crippen LogP contribution is -2.30. The van der Waals surface area contributed by atoms with Crippen LogP contribution in [0.4, 0.5) is 0 Å². The summed E-state index contributed by atoms with van der Waals surface area (Å²) in [5.74, 6) is -0.218. The number of ether oxygens (including phenoxy) is 1. The van der Waals surface area contributed by atoms with Gasteiger partial charge in [0.1, 0.15) is 10.6 Å². The van der Waals surface area contributed by atoms with Gasteiger partial charge in [0.2, 0.25) is 0 Å². The number of amides is 1. The van der Waals surface area contributed by atoms with E-state index >= 15 is 0 Å². The van der Waals surface area contributed by atoms with Crippen molar-refractivity contribution in [3.63, 3.8) is 0 Å². The van der Waals surface area contributed by atoms with Gasteiger partial charge in [-0.15, -0.1) is 11.3 Å². The summed E-state index contributed by atoms with van der Waals surface area (Å²) in [6.07, 6.45) is 1.54. The molecule has 1 amide bonds. The van der Waals surface area contributed by atoms with E-state index in [-0.39, 0.29) is 18.6 Å². The van der Waals surface area contributed by atoms with E-state index in [1.165, 1.54) is 11.3 Å². The first-order valence-electron chi connectivity index (χ1n) is 7.12. The zero-order valence-corrected chi connectivity index (χ0v) is 13.3. The van der Waals surface area contributed by atoms with Crippen molar-refractivity contribution in [1.29, 1.82) is 0 Å². The maximum absolute atomic E-state index is 12.0. The quantitative estimate of drug-likeness (QED) is 0.727. The smallest absolute Gasteiger partial charge is 0.348 e. The minimum atomic E-state index is -0.494. The predicted molar refractivity (Wildman–Crippen MR) is 87.4 cm³/mol. The molecule has 118 valence electrons. The third-order valence-corrected chi connectivity index (χ3v) is 4.40. The number of nitrogens with one attached hydrogen (secondary N) is 1. The summed E-state index contributed by atoms with van der Waals surface area (Å²) in [5, 5.41) is 3.70. The molecule has 0 radical (unpaired) electrons. The van der Waals surface area contributed by atoms with Crippen LogP contribution >= 0.6 is 11.3 Å². The molecule has 5 nitrogen and oxygen atoms in total. The number of hydrogen-bond acceptors (Lipinski definition) is 5. The Labute approximate surface area is 136 Å². The number of hydrogen-bond donors (Lipinski definition) is 1. The van der Waals surface area contributed by atoms with Crippen molar-refractivity contribution in [2.75, 3.05) is 6.61 Å². The Kier molecular flexibility index (Phi) is 4.43. The molecule has 6 heteroatoms. The van der Waals surface area contributed by atoms with E-state index in [2.05, 4.69) is 5.32 Å². The van der Waals surface area contributed by atoms with E-state index in [0.29, 0.717) is 10.6 Å². The van der Waals surface area contributed by atoms with Crippen LogP contribution in [0.1, 0.15) is 28.4 Å². The van der Waals surface area contributed by atoms with E-state index in [1.54, 1.807) is 31.4 Å². The number of benzene rings is 1. The number of carbonyl (C=O) groups excluding carboxylic acids is 2. The Morgan fingerprint density at radius 3 is 2.83 bits per heavy atom. The molecular weight excluding hydrogens is 314 g/mol. The van der Waals surface area contributed by atoms with Crippen molar-refractivity contribution in [2.45, 2.75) is 13.0 Å². The first-order valence-corrected chi connectivity index (χ1v) is 7.93. The lowest BCUT2D eigenvalue weighted by atomic mass is 10.2. The molecule has 2 aromatic heterocycles. The molecule has 1 N–H and O–H groups in total. The van der Waals surface area contributed by atoms with Gasteiger partial charge in [0.15, 0.2) is 6.61 Å². The van der Waals surface area contributed by atoms with Crippen LogP contribution in [0.25, 0.3) is 10.1 Å². The molecule has 0 saturated carbocycles. The van der Waals surface area contributed by atoms with Crippen LogP contribution in [-0.4, -0.2) is 18.5 Å². The zero-order chi connectivity index (χ0) is 16.2. The molecule has 1 atom stereocenters. The van der Waals surface area contributed by atoms with E-state index in [4.69, 9.17) is 9.15 Å². The van der Waals surface area contributed by atoms with Crippen LogP contribution in [0.2, 0.25) is 0 Å². The van der Waals surface area contributed by atoms with Crippen molar-refractivity contribution in [2.24, 2.45) is 0 Å². The predicted octanol–water partition coefficient (Wildman–Crippen LogP) is 3.53. The maximum atomic E-state index is 12.0. The van der Waals surface area contributed by atoms with Crippen molar-refractivity contribution >= 4 is 33.3 Å². The number of thiophene rings is 1. The highest BCUT2D eigenvalue weighted by atomic mass is 32.1. The molecular formula is C17H15NO4S. The Bertz CT molecular complexity index is 789. The number of rotatable bonds is 5. The van der Waals surface area contributed by atoms with Crippen molar-refractivity contribution in [3.05, 3.63) is 59.4 Å². The summed E-state index contributed by atoms with van der Waals surface area (Å²) in [5.41, 5.74) is 0. The van der Waals surface area contributed by atoms with E-state index in [0.717, 1.165) is 10.1 Å².